The summed E-state index contributed by atoms with van der Waals surface area (Å²) in [5.74, 6) is 0.704. The molecule has 0 aliphatic carbocycles. The number of aromatic hydroxyl groups is 1. The van der Waals surface area contributed by atoms with Crippen LogP contribution in [0.4, 0.5) is 5.69 Å². The van der Waals surface area contributed by atoms with Crippen LogP contribution in [-0.2, 0) is 11.4 Å². The maximum Gasteiger partial charge on any atom is 0.266 e. The number of nitrogens with one attached hydrogen (secondary N) is 1. The SMILES string of the molecule is CCOc1cc(/C=C(\C#N)C(=O)Nc2ccc(O)cc2)cc(I)c1OCc1cc(C)cc(C)c1. The van der Waals surface area contributed by atoms with Crippen molar-refractivity contribution in [1.82, 2.24) is 0 Å². The minimum Gasteiger partial charge on any atom is -0.508 e. The summed E-state index contributed by atoms with van der Waals surface area (Å²) >= 11 is 2.16. The molecule has 3 aromatic rings. The van der Waals surface area contributed by atoms with E-state index in [0.29, 0.717) is 36.0 Å². The van der Waals surface area contributed by atoms with Gasteiger partial charge in [-0.2, -0.15) is 5.26 Å². The Balaban J connectivity index is 1.85. The summed E-state index contributed by atoms with van der Waals surface area (Å²) in [5, 5.41) is 21.6. The lowest BCUT2D eigenvalue weighted by Gasteiger charge is -2.15. The molecule has 0 radical (unpaired) electrons. The van der Waals surface area contributed by atoms with Gasteiger partial charge in [-0.15, -0.1) is 0 Å². The molecule has 34 heavy (non-hydrogen) atoms. The third-order valence-corrected chi connectivity index (χ3v) is 5.60. The zero-order valence-electron chi connectivity index (χ0n) is 19.2. The lowest BCUT2D eigenvalue weighted by molar-refractivity contribution is -0.112. The maximum atomic E-state index is 12.6. The molecule has 0 aliphatic heterocycles. The fourth-order valence-electron chi connectivity index (χ4n) is 3.44. The van der Waals surface area contributed by atoms with E-state index in [2.05, 4.69) is 60.0 Å². The summed E-state index contributed by atoms with van der Waals surface area (Å²) in [7, 11) is 0. The molecule has 0 unspecified atom stereocenters. The Hall–Kier alpha value is -3.51. The number of anilines is 1. The Morgan fingerprint density at radius 1 is 1.09 bits per heavy atom. The van der Waals surface area contributed by atoms with Gasteiger partial charge in [-0.1, -0.05) is 29.3 Å². The first-order valence-corrected chi connectivity index (χ1v) is 11.8. The van der Waals surface area contributed by atoms with Gasteiger partial charge in [0, 0.05) is 5.69 Å². The first kappa shape index (κ1) is 25.1. The number of amides is 1. The van der Waals surface area contributed by atoms with Gasteiger partial charge in [-0.05, 0) is 97.0 Å². The van der Waals surface area contributed by atoms with Gasteiger partial charge in [0.05, 0.1) is 10.2 Å². The van der Waals surface area contributed by atoms with E-state index in [0.717, 1.165) is 9.13 Å². The fraction of sp³-hybridized carbons (Fsp3) is 0.185. The van der Waals surface area contributed by atoms with Crippen LogP contribution in [0.5, 0.6) is 17.2 Å². The van der Waals surface area contributed by atoms with E-state index in [-0.39, 0.29) is 11.3 Å². The van der Waals surface area contributed by atoms with Crippen molar-refractivity contribution in [2.45, 2.75) is 27.4 Å². The quantitative estimate of drug-likeness (QED) is 0.148. The Bertz CT molecular complexity index is 1240. The van der Waals surface area contributed by atoms with Crippen LogP contribution < -0.4 is 14.8 Å². The molecule has 2 N–H and O–H groups in total. The molecule has 0 fully saturated rings. The molecule has 0 saturated carbocycles. The van der Waals surface area contributed by atoms with Gasteiger partial charge < -0.3 is 19.9 Å². The summed E-state index contributed by atoms with van der Waals surface area (Å²) in [5.41, 5.74) is 4.47. The van der Waals surface area contributed by atoms with E-state index in [1.165, 1.54) is 29.3 Å². The van der Waals surface area contributed by atoms with Gasteiger partial charge in [-0.3, -0.25) is 4.79 Å². The van der Waals surface area contributed by atoms with Gasteiger partial charge in [0.15, 0.2) is 11.5 Å². The normalized spacial score (nSPS) is 11.0. The number of nitriles is 1. The molecule has 0 bridgehead atoms. The summed E-state index contributed by atoms with van der Waals surface area (Å²) in [6.07, 6.45) is 1.51. The molecule has 0 spiro atoms. The lowest BCUT2D eigenvalue weighted by Crippen LogP contribution is -2.13. The highest BCUT2D eigenvalue weighted by Gasteiger charge is 2.15. The Labute approximate surface area is 213 Å². The number of hydrogen-bond donors (Lipinski definition) is 2. The number of rotatable bonds is 8. The molecule has 0 aliphatic rings. The largest absolute Gasteiger partial charge is 0.508 e. The third-order valence-electron chi connectivity index (χ3n) is 4.80. The highest BCUT2D eigenvalue weighted by Crippen LogP contribution is 2.35. The second kappa shape index (κ2) is 11.6. The van der Waals surface area contributed by atoms with Crippen LogP contribution in [0.2, 0.25) is 0 Å². The first-order chi connectivity index (χ1) is 16.3. The highest BCUT2D eigenvalue weighted by atomic mass is 127. The number of nitrogens with zero attached hydrogens (tertiary/aromatic N) is 1. The summed E-state index contributed by atoms with van der Waals surface area (Å²) < 4.78 is 12.7. The van der Waals surface area contributed by atoms with Crippen molar-refractivity contribution in [1.29, 1.82) is 5.26 Å². The van der Waals surface area contributed by atoms with Gasteiger partial charge >= 0.3 is 0 Å². The molecule has 1 amide bonds. The molecule has 0 aromatic heterocycles. The molecule has 6 nitrogen and oxygen atoms in total. The Morgan fingerprint density at radius 3 is 2.38 bits per heavy atom. The van der Waals surface area contributed by atoms with Gasteiger partial charge in [0.2, 0.25) is 0 Å². The topological polar surface area (TPSA) is 91.6 Å². The smallest absolute Gasteiger partial charge is 0.266 e. The molecule has 0 saturated heterocycles. The van der Waals surface area contributed by atoms with Crippen LogP contribution in [0.15, 0.2) is 60.2 Å². The zero-order valence-corrected chi connectivity index (χ0v) is 21.3. The number of carbonyl (C=O) groups excluding carboxylic acids is 1. The van der Waals surface area contributed by atoms with Crippen LogP contribution in [0.1, 0.15) is 29.2 Å². The zero-order chi connectivity index (χ0) is 24.7. The van der Waals surface area contributed by atoms with Crippen molar-refractivity contribution in [3.63, 3.8) is 0 Å². The van der Waals surface area contributed by atoms with E-state index in [1.54, 1.807) is 18.2 Å². The fourth-order valence-corrected chi connectivity index (χ4v) is 4.22. The third kappa shape index (κ3) is 6.75. The number of phenolic OH excluding ortho intramolecular Hbond substituents is 1. The number of phenols is 1. The number of benzene rings is 3. The molecule has 0 atom stereocenters. The van der Waals surface area contributed by atoms with Gasteiger partial charge in [-0.25, -0.2) is 0 Å². The average Bonchev–Trinajstić information content (AvgIpc) is 2.78. The van der Waals surface area contributed by atoms with Gasteiger partial charge in [0.1, 0.15) is 24.0 Å². The van der Waals surface area contributed by atoms with Crippen molar-refractivity contribution in [3.8, 4) is 23.3 Å². The monoisotopic (exact) mass is 568 g/mol. The summed E-state index contributed by atoms with van der Waals surface area (Å²) in [6.45, 7) is 6.83. The van der Waals surface area contributed by atoms with Gasteiger partial charge in [0.25, 0.3) is 5.91 Å². The standard InChI is InChI=1S/C27H25IN2O4/c1-4-33-25-14-19(12-21(15-29)27(32)30-22-5-7-23(31)8-6-22)13-24(28)26(25)34-16-20-10-17(2)9-18(3)11-20/h5-14,31H,4,16H2,1-3H3,(H,30,32)/b21-12+. The number of aryl methyl sites for hydroxylation is 2. The van der Waals surface area contributed by atoms with E-state index < -0.39 is 5.91 Å². The lowest BCUT2D eigenvalue weighted by atomic mass is 10.1. The Kier molecular flexibility index (Phi) is 8.55. The van der Waals surface area contributed by atoms with Crippen molar-refractivity contribution >= 4 is 40.3 Å². The second-order valence-corrected chi connectivity index (χ2v) is 8.88. The molecule has 3 aromatic carbocycles. The minimum absolute atomic E-state index is 0.0600. The predicted molar refractivity (Wildman–Crippen MR) is 141 cm³/mol. The average molecular weight is 568 g/mol. The summed E-state index contributed by atoms with van der Waals surface area (Å²) in [6, 6.07) is 17.9. The van der Waals surface area contributed by atoms with E-state index in [1.807, 2.05) is 19.1 Å². The molecular formula is C27H25IN2O4. The summed E-state index contributed by atoms with van der Waals surface area (Å²) in [4.78, 5) is 12.6. The molecule has 174 valence electrons. The number of hydrogen-bond acceptors (Lipinski definition) is 5. The number of ether oxygens (including phenoxy) is 2. The molecular weight excluding hydrogens is 543 g/mol. The molecule has 0 heterocycles. The van der Waals surface area contributed by atoms with Crippen molar-refractivity contribution in [2.24, 2.45) is 0 Å². The molecule has 7 heteroatoms. The second-order valence-electron chi connectivity index (χ2n) is 7.72. The predicted octanol–water partition coefficient (Wildman–Crippen LogP) is 6.14. The molecule has 3 rings (SSSR count). The Morgan fingerprint density at radius 2 is 1.76 bits per heavy atom. The highest BCUT2D eigenvalue weighted by molar-refractivity contribution is 14.1. The van der Waals surface area contributed by atoms with Crippen LogP contribution in [0, 0.1) is 28.7 Å². The van der Waals surface area contributed by atoms with Crippen LogP contribution in [0.25, 0.3) is 6.08 Å². The van der Waals surface area contributed by atoms with Crippen molar-refractivity contribution in [3.05, 3.63) is 86.0 Å². The van der Waals surface area contributed by atoms with Crippen LogP contribution in [-0.4, -0.2) is 17.6 Å². The van der Waals surface area contributed by atoms with E-state index >= 15 is 0 Å². The van der Waals surface area contributed by atoms with Crippen molar-refractivity contribution < 1.29 is 19.4 Å². The van der Waals surface area contributed by atoms with E-state index in [4.69, 9.17) is 9.47 Å². The first-order valence-electron chi connectivity index (χ1n) is 10.7. The van der Waals surface area contributed by atoms with E-state index in [9.17, 15) is 15.2 Å². The number of carbonyl (C=O) groups is 1. The maximum absolute atomic E-state index is 12.6. The van der Waals surface area contributed by atoms with Crippen LogP contribution >= 0.6 is 22.6 Å². The van der Waals surface area contributed by atoms with Crippen molar-refractivity contribution in [2.75, 3.05) is 11.9 Å². The van der Waals surface area contributed by atoms with Crippen LogP contribution in [0.3, 0.4) is 0 Å². The number of halogens is 1. The minimum atomic E-state index is -0.545.